The Kier molecular flexibility index (Phi) is 3.06. The number of hydrogen-bond donors (Lipinski definition) is 1. The van der Waals surface area contributed by atoms with Crippen LogP contribution in [-0.4, -0.2) is 9.55 Å². The predicted octanol–water partition coefficient (Wildman–Crippen LogP) is 2.81. The summed E-state index contributed by atoms with van der Waals surface area (Å²) in [6, 6.07) is 11.1. The van der Waals surface area contributed by atoms with Crippen LogP contribution in [0.25, 0.3) is 22.2 Å². The normalized spacial score (nSPS) is 16.4. The first kappa shape index (κ1) is 13.2. The number of fused-ring (bicyclic) bond motifs is 2. The molecule has 1 saturated carbocycles. The summed E-state index contributed by atoms with van der Waals surface area (Å²) in [5, 5.41) is 20.9. The predicted molar refractivity (Wildman–Crippen MR) is 84.2 cm³/mol. The van der Waals surface area contributed by atoms with E-state index in [0.29, 0.717) is 27.7 Å². The molecule has 0 radical (unpaired) electrons. The Morgan fingerprint density at radius 2 is 1.82 bits per heavy atom. The summed E-state index contributed by atoms with van der Waals surface area (Å²) in [5.41, 5.74) is 2.86. The highest BCUT2D eigenvalue weighted by Gasteiger charge is 2.21. The van der Waals surface area contributed by atoms with Crippen molar-refractivity contribution in [1.29, 1.82) is 5.41 Å². The van der Waals surface area contributed by atoms with Crippen LogP contribution in [0.2, 0.25) is 0 Å². The van der Waals surface area contributed by atoms with E-state index in [1.165, 1.54) is 19.3 Å². The van der Waals surface area contributed by atoms with E-state index >= 15 is 0 Å². The highest BCUT2D eigenvalue weighted by atomic mass is 16.5. The summed E-state index contributed by atoms with van der Waals surface area (Å²) in [7, 11) is 0. The van der Waals surface area contributed by atoms with Gasteiger partial charge in [-0.25, -0.2) is 4.98 Å². The van der Waals surface area contributed by atoms with Crippen molar-refractivity contribution >= 4 is 22.2 Å². The van der Waals surface area contributed by atoms with Gasteiger partial charge in [0.15, 0.2) is 0 Å². The van der Waals surface area contributed by atoms with Crippen molar-refractivity contribution in [3.63, 3.8) is 0 Å². The zero-order valence-corrected chi connectivity index (χ0v) is 12.3. The van der Waals surface area contributed by atoms with Gasteiger partial charge in [0, 0.05) is 18.2 Å². The average molecular weight is 294 g/mol. The minimum absolute atomic E-state index is 0.276. The Morgan fingerprint density at radius 3 is 2.64 bits per heavy atom. The van der Waals surface area contributed by atoms with E-state index in [1.807, 2.05) is 22.8 Å². The van der Waals surface area contributed by atoms with Crippen LogP contribution in [0.5, 0.6) is 0 Å². The van der Waals surface area contributed by atoms with E-state index in [1.54, 1.807) is 18.2 Å². The third-order valence-corrected chi connectivity index (χ3v) is 4.60. The molecule has 1 aromatic carbocycles. The lowest BCUT2D eigenvalue weighted by molar-refractivity contribution is -0.548. The molecular weight excluding hydrogens is 276 g/mol. The smallest absolute Gasteiger partial charge is 0.260 e. The molecule has 5 nitrogen and oxygen atoms in total. The molecule has 0 saturated heterocycles. The lowest BCUT2D eigenvalue weighted by Crippen LogP contribution is -2.34. The van der Waals surface area contributed by atoms with Gasteiger partial charge in [-0.3, -0.25) is 5.41 Å². The molecule has 0 bridgehead atoms. The topological polar surface area (TPSA) is 68.6 Å². The number of nitrogens with zero attached hydrogens (tertiary/aromatic N) is 3. The molecule has 1 aliphatic carbocycles. The van der Waals surface area contributed by atoms with Gasteiger partial charge in [0.25, 0.3) is 5.52 Å². The zero-order chi connectivity index (χ0) is 15.1. The van der Waals surface area contributed by atoms with Gasteiger partial charge in [0.05, 0.1) is 0 Å². The average Bonchev–Trinajstić information content (AvgIpc) is 2.56. The van der Waals surface area contributed by atoms with Crippen molar-refractivity contribution in [1.82, 2.24) is 9.55 Å². The van der Waals surface area contributed by atoms with Crippen molar-refractivity contribution < 1.29 is 4.73 Å². The lowest BCUT2D eigenvalue weighted by Gasteiger charge is -2.25. The Labute approximate surface area is 127 Å². The maximum atomic E-state index is 12.6. The molecule has 0 amide bonds. The van der Waals surface area contributed by atoms with Crippen LogP contribution in [0.4, 0.5) is 0 Å². The zero-order valence-electron chi connectivity index (χ0n) is 12.3. The standard InChI is InChI=1S/C17H18N4O/c18-16-11-10-15-17(20(16)12-6-2-1-3-7-12)19-13-8-4-5-9-14(13)21(15)22/h4-5,8-12,18H,1-3,6-7H2. The summed E-state index contributed by atoms with van der Waals surface area (Å²) in [5.74, 6) is 0. The Hall–Kier alpha value is -2.43. The number of hydrogen-bond acceptors (Lipinski definition) is 3. The van der Waals surface area contributed by atoms with Gasteiger partial charge in [-0.15, -0.1) is 0 Å². The van der Waals surface area contributed by atoms with Crippen molar-refractivity contribution in [2.45, 2.75) is 38.1 Å². The number of rotatable bonds is 1. The molecule has 1 aliphatic rings. The van der Waals surface area contributed by atoms with Gasteiger partial charge < -0.3 is 9.77 Å². The van der Waals surface area contributed by atoms with Crippen LogP contribution in [0.3, 0.4) is 0 Å². The molecule has 4 rings (SSSR count). The fourth-order valence-electron chi connectivity index (χ4n) is 3.50. The Morgan fingerprint density at radius 1 is 1.05 bits per heavy atom. The summed E-state index contributed by atoms with van der Waals surface area (Å²) < 4.78 is 2.89. The number of para-hydroxylation sites is 2. The fraction of sp³-hybridized carbons (Fsp3) is 0.353. The fourth-order valence-corrected chi connectivity index (χ4v) is 3.50. The van der Waals surface area contributed by atoms with E-state index in [9.17, 15) is 5.21 Å². The summed E-state index contributed by atoms with van der Waals surface area (Å²) in [6.45, 7) is 0. The molecule has 2 heterocycles. The van der Waals surface area contributed by atoms with Gasteiger partial charge in [-0.1, -0.05) is 31.4 Å². The summed E-state index contributed by atoms with van der Waals surface area (Å²) in [6.07, 6.45) is 5.73. The molecule has 0 atom stereocenters. The molecule has 112 valence electrons. The molecule has 1 fully saturated rings. The Bertz CT molecular complexity index is 910. The van der Waals surface area contributed by atoms with Gasteiger partial charge in [-0.05, 0) is 25.0 Å². The molecule has 0 aliphatic heterocycles. The number of benzene rings is 1. The van der Waals surface area contributed by atoms with E-state index in [2.05, 4.69) is 0 Å². The Balaban J connectivity index is 2.06. The third-order valence-electron chi connectivity index (χ3n) is 4.60. The van der Waals surface area contributed by atoms with Gasteiger partial charge in [0.2, 0.25) is 11.2 Å². The van der Waals surface area contributed by atoms with Crippen molar-refractivity contribution in [2.24, 2.45) is 0 Å². The van der Waals surface area contributed by atoms with E-state index in [-0.39, 0.29) is 6.04 Å². The molecule has 5 heteroatoms. The monoisotopic (exact) mass is 294 g/mol. The summed E-state index contributed by atoms with van der Waals surface area (Å²) >= 11 is 0. The second kappa shape index (κ2) is 5.09. The first-order valence-corrected chi connectivity index (χ1v) is 7.84. The van der Waals surface area contributed by atoms with Crippen LogP contribution in [-0.2, 0) is 0 Å². The van der Waals surface area contributed by atoms with Gasteiger partial charge in [0.1, 0.15) is 11.0 Å². The van der Waals surface area contributed by atoms with Crippen LogP contribution in [0.15, 0.2) is 36.4 Å². The minimum atomic E-state index is 0.276. The van der Waals surface area contributed by atoms with Gasteiger partial charge in [-0.2, -0.15) is 4.73 Å². The first-order valence-electron chi connectivity index (χ1n) is 7.84. The summed E-state index contributed by atoms with van der Waals surface area (Å²) in [4.78, 5) is 4.70. The molecule has 3 aromatic rings. The molecule has 2 aromatic heterocycles. The SMILES string of the molecule is N=c1ccc2c(nc3ccccc3[n+]2[O-])n1C1CCCCC1. The maximum Gasteiger partial charge on any atom is 0.260 e. The van der Waals surface area contributed by atoms with Crippen molar-refractivity contribution in [2.75, 3.05) is 0 Å². The minimum Gasteiger partial charge on any atom is -0.618 e. The van der Waals surface area contributed by atoms with E-state index < -0.39 is 0 Å². The van der Waals surface area contributed by atoms with Crippen LogP contribution in [0.1, 0.15) is 38.1 Å². The first-order chi connectivity index (χ1) is 10.8. The molecule has 1 N–H and O–H groups in total. The second-order valence-corrected chi connectivity index (χ2v) is 5.98. The molecule has 0 spiro atoms. The number of aromatic nitrogens is 3. The largest absolute Gasteiger partial charge is 0.618 e. The maximum absolute atomic E-state index is 12.6. The van der Waals surface area contributed by atoms with Crippen LogP contribution < -0.4 is 10.2 Å². The van der Waals surface area contributed by atoms with Crippen molar-refractivity contribution in [3.05, 3.63) is 47.1 Å². The van der Waals surface area contributed by atoms with E-state index in [0.717, 1.165) is 17.6 Å². The van der Waals surface area contributed by atoms with Crippen LogP contribution >= 0.6 is 0 Å². The lowest BCUT2D eigenvalue weighted by atomic mass is 9.95. The highest BCUT2D eigenvalue weighted by molar-refractivity contribution is 5.79. The molecular formula is C17H18N4O. The van der Waals surface area contributed by atoms with Crippen LogP contribution in [0, 0.1) is 10.6 Å². The number of pyridine rings is 1. The quantitative estimate of drug-likeness (QED) is 0.426. The van der Waals surface area contributed by atoms with Crippen molar-refractivity contribution in [3.8, 4) is 0 Å². The highest BCUT2D eigenvalue weighted by Crippen LogP contribution is 2.28. The van der Waals surface area contributed by atoms with Gasteiger partial charge >= 0.3 is 0 Å². The number of nitrogens with one attached hydrogen (secondary N) is 1. The third kappa shape index (κ3) is 1.96. The van der Waals surface area contributed by atoms with E-state index in [4.69, 9.17) is 10.4 Å². The molecule has 0 unspecified atom stereocenters. The molecule has 22 heavy (non-hydrogen) atoms. The second-order valence-electron chi connectivity index (χ2n) is 5.98.